The smallest absolute Gasteiger partial charge is 0.355 e. The Morgan fingerprint density at radius 3 is 3.22 bits per heavy atom. The highest BCUT2D eigenvalue weighted by atomic mass is 32.1. The number of anilines is 1. The number of hydrogen-bond donors (Lipinski definition) is 2. The van der Waals surface area contributed by atoms with Gasteiger partial charge in [-0.05, 0) is 25.3 Å². The van der Waals surface area contributed by atoms with Gasteiger partial charge in [0.15, 0.2) is 5.13 Å². The average Bonchev–Trinajstić information content (AvgIpc) is 2.90. The first-order chi connectivity index (χ1) is 8.70. The van der Waals surface area contributed by atoms with Crippen LogP contribution >= 0.6 is 11.3 Å². The molecular formula is C12H13N3O2S. The number of carbonyl (C=O) groups excluding carboxylic acids is 1. The summed E-state index contributed by atoms with van der Waals surface area (Å²) >= 11 is 1.52. The molecule has 3 rings (SSSR count). The van der Waals surface area contributed by atoms with Crippen LogP contribution in [0.2, 0.25) is 0 Å². The van der Waals surface area contributed by atoms with Crippen LogP contribution in [0, 0.1) is 0 Å². The lowest BCUT2D eigenvalue weighted by Crippen LogP contribution is -2.10. The molecule has 0 saturated heterocycles. The molecule has 0 fully saturated rings. The third-order valence-electron chi connectivity index (χ3n) is 3.04. The van der Waals surface area contributed by atoms with E-state index in [2.05, 4.69) is 9.97 Å². The monoisotopic (exact) mass is 263 g/mol. The quantitative estimate of drug-likeness (QED) is 0.812. The van der Waals surface area contributed by atoms with E-state index in [0.717, 1.165) is 29.7 Å². The molecule has 1 aliphatic carbocycles. The van der Waals surface area contributed by atoms with Crippen molar-refractivity contribution >= 4 is 22.4 Å². The number of esters is 1. The number of aryl methyl sites for hydroxylation is 1. The summed E-state index contributed by atoms with van der Waals surface area (Å²) in [6.45, 7) is 2.17. The van der Waals surface area contributed by atoms with E-state index < -0.39 is 0 Å². The SMILES string of the molecule is CCOC(=O)c1[nH]cc2c1CCc1sc(N)nc1-2. The molecule has 18 heavy (non-hydrogen) atoms. The van der Waals surface area contributed by atoms with E-state index in [-0.39, 0.29) is 5.97 Å². The van der Waals surface area contributed by atoms with E-state index in [1.54, 1.807) is 6.92 Å². The second-order valence-corrected chi connectivity index (χ2v) is 5.22. The van der Waals surface area contributed by atoms with Crippen molar-refractivity contribution in [2.75, 3.05) is 12.3 Å². The Balaban J connectivity index is 2.06. The molecule has 2 aromatic rings. The summed E-state index contributed by atoms with van der Waals surface area (Å²) in [4.78, 5) is 20.3. The predicted molar refractivity (Wildman–Crippen MR) is 69.7 cm³/mol. The number of nitrogens with one attached hydrogen (secondary N) is 1. The molecular weight excluding hydrogens is 250 g/mol. The summed E-state index contributed by atoms with van der Waals surface area (Å²) in [6, 6.07) is 0. The summed E-state index contributed by atoms with van der Waals surface area (Å²) < 4.78 is 5.03. The van der Waals surface area contributed by atoms with Crippen molar-refractivity contribution in [1.82, 2.24) is 9.97 Å². The normalized spacial score (nSPS) is 12.9. The molecule has 0 atom stereocenters. The molecule has 3 N–H and O–H groups in total. The fourth-order valence-electron chi connectivity index (χ4n) is 2.30. The van der Waals surface area contributed by atoms with Crippen LogP contribution in [0.4, 0.5) is 5.13 Å². The first-order valence-corrected chi connectivity index (χ1v) is 6.65. The number of nitrogens with two attached hydrogens (primary N) is 1. The second-order valence-electron chi connectivity index (χ2n) is 4.10. The van der Waals surface area contributed by atoms with Crippen LogP contribution in [0.5, 0.6) is 0 Å². The van der Waals surface area contributed by atoms with Gasteiger partial charge in [0.05, 0.1) is 12.3 Å². The van der Waals surface area contributed by atoms with Gasteiger partial charge in [-0.15, -0.1) is 11.3 Å². The zero-order chi connectivity index (χ0) is 12.7. The molecule has 0 spiro atoms. The molecule has 0 bridgehead atoms. The molecule has 0 amide bonds. The van der Waals surface area contributed by atoms with Gasteiger partial charge in [-0.1, -0.05) is 0 Å². The number of fused-ring (bicyclic) bond motifs is 3. The molecule has 2 heterocycles. The standard InChI is InChI=1S/C12H13N3O2S/c1-2-17-11(16)10-6-3-4-8-9(7(6)5-14-10)15-12(13)18-8/h5,14H,2-4H2,1H3,(H2,13,15). The molecule has 6 heteroatoms. The fourth-order valence-corrected chi connectivity index (χ4v) is 3.14. The maximum absolute atomic E-state index is 11.8. The van der Waals surface area contributed by atoms with Crippen LogP contribution in [0.1, 0.15) is 27.9 Å². The van der Waals surface area contributed by atoms with Crippen molar-refractivity contribution < 1.29 is 9.53 Å². The van der Waals surface area contributed by atoms with Gasteiger partial charge < -0.3 is 15.5 Å². The highest BCUT2D eigenvalue weighted by Crippen LogP contribution is 2.38. The van der Waals surface area contributed by atoms with Crippen molar-refractivity contribution in [3.63, 3.8) is 0 Å². The second kappa shape index (κ2) is 4.13. The number of nitrogen functional groups attached to an aromatic ring is 1. The molecule has 5 nitrogen and oxygen atoms in total. The molecule has 0 aromatic carbocycles. The number of thiazole rings is 1. The number of nitrogens with zero attached hydrogens (tertiary/aromatic N) is 1. The first-order valence-electron chi connectivity index (χ1n) is 5.83. The average molecular weight is 263 g/mol. The zero-order valence-electron chi connectivity index (χ0n) is 9.95. The summed E-state index contributed by atoms with van der Waals surface area (Å²) in [6.07, 6.45) is 3.52. The van der Waals surface area contributed by atoms with Gasteiger partial charge in [0.2, 0.25) is 0 Å². The van der Waals surface area contributed by atoms with Crippen LogP contribution in [-0.4, -0.2) is 22.5 Å². The van der Waals surface area contributed by atoms with Gasteiger partial charge in [-0.2, -0.15) is 0 Å². The molecule has 94 valence electrons. The largest absolute Gasteiger partial charge is 0.461 e. The first kappa shape index (κ1) is 11.3. The summed E-state index contributed by atoms with van der Waals surface area (Å²) in [7, 11) is 0. The topological polar surface area (TPSA) is 81.0 Å². The summed E-state index contributed by atoms with van der Waals surface area (Å²) in [5.74, 6) is -0.301. The molecule has 1 aliphatic rings. The minimum absolute atomic E-state index is 0.301. The van der Waals surface area contributed by atoms with Crippen molar-refractivity contribution in [2.24, 2.45) is 0 Å². The lowest BCUT2D eigenvalue weighted by Gasteiger charge is -2.11. The Morgan fingerprint density at radius 1 is 1.61 bits per heavy atom. The van der Waals surface area contributed by atoms with Gasteiger partial charge in [0, 0.05) is 16.6 Å². The van der Waals surface area contributed by atoms with Crippen LogP contribution in [0.15, 0.2) is 6.20 Å². The molecule has 0 unspecified atom stereocenters. The third kappa shape index (κ3) is 1.60. The van der Waals surface area contributed by atoms with E-state index in [4.69, 9.17) is 10.5 Å². The molecule has 0 saturated carbocycles. The van der Waals surface area contributed by atoms with Gasteiger partial charge in [-0.25, -0.2) is 9.78 Å². The Labute approximate surface area is 108 Å². The number of rotatable bonds is 2. The highest BCUT2D eigenvalue weighted by molar-refractivity contribution is 7.15. The fraction of sp³-hybridized carbons (Fsp3) is 0.333. The number of aromatic amines is 1. The Bertz CT molecular complexity index is 615. The number of H-pyrrole nitrogens is 1. The predicted octanol–water partition coefficient (Wildman–Crippen LogP) is 2.00. The van der Waals surface area contributed by atoms with Gasteiger partial charge in [-0.3, -0.25) is 0 Å². The van der Waals surface area contributed by atoms with Crippen LogP contribution in [-0.2, 0) is 17.6 Å². The molecule has 0 radical (unpaired) electrons. The van der Waals surface area contributed by atoms with E-state index in [1.807, 2.05) is 6.20 Å². The van der Waals surface area contributed by atoms with E-state index >= 15 is 0 Å². The number of aromatic nitrogens is 2. The number of ether oxygens (including phenoxy) is 1. The van der Waals surface area contributed by atoms with Gasteiger partial charge in [0.1, 0.15) is 5.69 Å². The molecule has 2 aromatic heterocycles. The highest BCUT2D eigenvalue weighted by Gasteiger charge is 2.26. The van der Waals surface area contributed by atoms with E-state index in [0.29, 0.717) is 17.4 Å². The Hall–Kier alpha value is -1.82. The van der Waals surface area contributed by atoms with Gasteiger partial charge >= 0.3 is 5.97 Å². The molecule has 0 aliphatic heterocycles. The zero-order valence-corrected chi connectivity index (χ0v) is 10.8. The minimum atomic E-state index is -0.301. The summed E-state index contributed by atoms with van der Waals surface area (Å²) in [5.41, 5.74) is 9.16. The lowest BCUT2D eigenvalue weighted by atomic mass is 9.95. The number of hydrogen-bond acceptors (Lipinski definition) is 5. The maximum Gasteiger partial charge on any atom is 0.355 e. The van der Waals surface area contributed by atoms with Crippen LogP contribution in [0.25, 0.3) is 11.3 Å². The number of carbonyl (C=O) groups is 1. The Morgan fingerprint density at radius 2 is 2.44 bits per heavy atom. The summed E-state index contributed by atoms with van der Waals surface area (Å²) in [5, 5.41) is 0.576. The van der Waals surface area contributed by atoms with E-state index in [9.17, 15) is 4.79 Å². The van der Waals surface area contributed by atoms with Crippen molar-refractivity contribution in [2.45, 2.75) is 19.8 Å². The Kier molecular flexibility index (Phi) is 2.59. The maximum atomic E-state index is 11.8. The van der Waals surface area contributed by atoms with Crippen LogP contribution < -0.4 is 5.73 Å². The van der Waals surface area contributed by atoms with Crippen molar-refractivity contribution in [3.05, 3.63) is 22.3 Å². The minimum Gasteiger partial charge on any atom is -0.461 e. The van der Waals surface area contributed by atoms with E-state index in [1.165, 1.54) is 16.2 Å². The lowest BCUT2D eigenvalue weighted by molar-refractivity contribution is 0.0519. The third-order valence-corrected chi connectivity index (χ3v) is 3.98. The van der Waals surface area contributed by atoms with Crippen LogP contribution in [0.3, 0.4) is 0 Å². The van der Waals surface area contributed by atoms with Gasteiger partial charge in [0.25, 0.3) is 0 Å². The van der Waals surface area contributed by atoms with Crippen molar-refractivity contribution in [1.29, 1.82) is 0 Å². The van der Waals surface area contributed by atoms with Crippen molar-refractivity contribution in [3.8, 4) is 11.3 Å².